The average molecular weight is 739 g/mol. The van der Waals surface area contributed by atoms with E-state index in [0.29, 0.717) is 5.75 Å². The molecule has 0 atom stereocenters. The SMILES string of the molecule is C=C(/C(C)=C(C)\C(O)=C(\C)CS)c1c2ccccc2c(-c2ccc(-c3cccc4c3ccc3cc5ccccc5cc34)cc2)c2ccc(-c3ccccc3)cc12. The van der Waals surface area contributed by atoms with Gasteiger partial charge in [0.2, 0.25) is 0 Å². The Hall–Kier alpha value is -6.35. The molecule has 0 saturated heterocycles. The van der Waals surface area contributed by atoms with Gasteiger partial charge in [0.05, 0.1) is 0 Å². The minimum Gasteiger partial charge on any atom is -0.508 e. The highest BCUT2D eigenvalue weighted by atomic mass is 32.1. The molecule has 0 unspecified atom stereocenters. The Morgan fingerprint density at radius 1 is 0.464 bits per heavy atom. The van der Waals surface area contributed by atoms with E-state index in [-0.39, 0.29) is 5.76 Å². The molecule has 1 nitrogen and oxygen atoms in total. The molecular weight excluding hydrogens is 697 g/mol. The number of aliphatic hydroxyl groups is 1. The number of allylic oxidation sites excluding steroid dienone is 3. The topological polar surface area (TPSA) is 20.2 Å². The molecule has 0 aromatic heterocycles. The number of hydrogen-bond acceptors (Lipinski definition) is 2. The summed E-state index contributed by atoms with van der Waals surface area (Å²) in [4.78, 5) is 0. The second-order valence-corrected chi connectivity index (χ2v) is 15.2. The first-order valence-corrected chi connectivity index (χ1v) is 19.8. The fraction of sp³-hybridized carbons (Fsp3) is 0.0741. The van der Waals surface area contributed by atoms with Crippen LogP contribution in [0.4, 0.5) is 0 Å². The van der Waals surface area contributed by atoms with Gasteiger partial charge in [0.1, 0.15) is 5.76 Å². The van der Waals surface area contributed by atoms with Crippen LogP contribution in [0, 0.1) is 0 Å². The predicted octanol–water partition coefficient (Wildman–Crippen LogP) is 15.6. The molecule has 0 fully saturated rings. The molecular formula is C54H42OS. The van der Waals surface area contributed by atoms with Crippen LogP contribution in [0.25, 0.3) is 92.8 Å². The zero-order valence-corrected chi connectivity index (χ0v) is 32.8. The number of rotatable bonds is 7. The molecule has 0 heterocycles. The van der Waals surface area contributed by atoms with Crippen molar-refractivity contribution in [2.75, 3.05) is 5.75 Å². The van der Waals surface area contributed by atoms with Gasteiger partial charge in [-0.1, -0.05) is 152 Å². The fourth-order valence-corrected chi connectivity index (χ4v) is 8.61. The van der Waals surface area contributed by atoms with Crippen molar-refractivity contribution in [3.05, 3.63) is 198 Å². The summed E-state index contributed by atoms with van der Waals surface area (Å²) in [5.74, 6) is 0.763. The van der Waals surface area contributed by atoms with Crippen LogP contribution in [-0.4, -0.2) is 10.9 Å². The van der Waals surface area contributed by atoms with Gasteiger partial charge < -0.3 is 5.11 Å². The summed E-state index contributed by atoms with van der Waals surface area (Å²) in [7, 11) is 0. The minimum absolute atomic E-state index is 0.279. The number of benzene rings is 9. The minimum atomic E-state index is 0.279. The molecule has 9 rings (SSSR count). The Morgan fingerprint density at radius 2 is 1.07 bits per heavy atom. The number of aliphatic hydroxyl groups excluding tert-OH is 1. The number of fused-ring (bicyclic) bond motifs is 6. The van der Waals surface area contributed by atoms with Gasteiger partial charge in [-0.05, 0) is 154 Å². The maximum Gasteiger partial charge on any atom is 0.118 e. The van der Waals surface area contributed by atoms with Crippen molar-refractivity contribution in [2.24, 2.45) is 0 Å². The van der Waals surface area contributed by atoms with E-state index in [2.05, 4.69) is 183 Å². The monoisotopic (exact) mass is 738 g/mol. The Labute approximate surface area is 334 Å². The second-order valence-electron chi connectivity index (χ2n) is 14.9. The van der Waals surface area contributed by atoms with Crippen LogP contribution in [0.5, 0.6) is 0 Å². The average Bonchev–Trinajstić information content (AvgIpc) is 3.26. The maximum absolute atomic E-state index is 11.1. The van der Waals surface area contributed by atoms with Gasteiger partial charge in [0.15, 0.2) is 0 Å². The van der Waals surface area contributed by atoms with Crippen LogP contribution >= 0.6 is 12.6 Å². The van der Waals surface area contributed by atoms with Crippen LogP contribution in [-0.2, 0) is 0 Å². The molecule has 0 aliphatic heterocycles. The molecule has 270 valence electrons. The van der Waals surface area contributed by atoms with E-state index in [0.717, 1.165) is 66.1 Å². The van der Waals surface area contributed by atoms with Gasteiger partial charge in [-0.3, -0.25) is 0 Å². The smallest absolute Gasteiger partial charge is 0.118 e. The molecule has 1 N–H and O–H groups in total. The van der Waals surface area contributed by atoms with Crippen LogP contribution in [0.3, 0.4) is 0 Å². The van der Waals surface area contributed by atoms with Crippen LogP contribution in [0.1, 0.15) is 26.3 Å². The summed E-state index contributed by atoms with van der Waals surface area (Å²) in [5, 5.41) is 23.3. The van der Waals surface area contributed by atoms with Crippen LogP contribution in [0.2, 0.25) is 0 Å². The highest BCUT2D eigenvalue weighted by Gasteiger charge is 2.20. The molecule has 0 aliphatic rings. The first-order chi connectivity index (χ1) is 27.3. The summed E-state index contributed by atoms with van der Waals surface area (Å²) in [6.07, 6.45) is 0. The molecule has 0 saturated carbocycles. The zero-order chi connectivity index (χ0) is 38.5. The van der Waals surface area contributed by atoms with Crippen LogP contribution in [0.15, 0.2) is 193 Å². The Morgan fingerprint density at radius 3 is 1.82 bits per heavy atom. The summed E-state index contributed by atoms with van der Waals surface area (Å²) >= 11 is 4.43. The quantitative estimate of drug-likeness (QED) is 0.0548. The normalized spacial score (nSPS) is 12.7. The second kappa shape index (κ2) is 14.4. The van der Waals surface area contributed by atoms with Crippen molar-refractivity contribution in [3.8, 4) is 33.4 Å². The van der Waals surface area contributed by atoms with Gasteiger partial charge in [-0.15, -0.1) is 0 Å². The lowest BCUT2D eigenvalue weighted by Gasteiger charge is -2.21. The third-order valence-corrected chi connectivity index (χ3v) is 12.1. The Kier molecular flexibility index (Phi) is 9.08. The molecule has 0 radical (unpaired) electrons. The first kappa shape index (κ1) is 35.4. The highest BCUT2D eigenvalue weighted by Crippen LogP contribution is 2.45. The Balaban J connectivity index is 1.24. The van der Waals surface area contributed by atoms with Gasteiger partial charge in [0, 0.05) is 5.75 Å². The molecule has 56 heavy (non-hydrogen) atoms. The van der Waals surface area contributed by atoms with E-state index in [9.17, 15) is 5.11 Å². The zero-order valence-electron chi connectivity index (χ0n) is 31.9. The van der Waals surface area contributed by atoms with E-state index >= 15 is 0 Å². The van der Waals surface area contributed by atoms with E-state index in [1.807, 2.05) is 13.8 Å². The van der Waals surface area contributed by atoms with Crippen LogP contribution < -0.4 is 0 Å². The van der Waals surface area contributed by atoms with Crippen molar-refractivity contribution >= 4 is 72.1 Å². The summed E-state index contributed by atoms with van der Waals surface area (Å²) in [6.45, 7) is 10.7. The van der Waals surface area contributed by atoms with Gasteiger partial charge in [-0.2, -0.15) is 12.6 Å². The maximum atomic E-state index is 11.1. The Bertz CT molecular complexity index is 3090. The van der Waals surface area contributed by atoms with Crippen molar-refractivity contribution in [1.82, 2.24) is 0 Å². The predicted molar refractivity (Wildman–Crippen MR) is 247 cm³/mol. The molecule has 0 bridgehead atoms. The molecule has 0 aliphatic carbocycles. The summed E-state index contributed by atoms with van der Waals surface area (Å²) in [5.41, 5.74) is 11.6. The molecule has 0 spiro atoms. The van der Waals surface area contributed by atoms with Gasteiger partial charge >= 0.3 is 0 Å². The van der Waals surface area contributed by atoms with Crippen molar-refractivity contribution in [1.29, 1.82) is 0 Å². The molecule has 2 heteroatoms. The van der Waals surface area contributed by atoms with E-state index < -0.39 is 0 Å². The van der Waals surface area contributed by atoms with Crippen molar-refractivity contribution < 1.29 is 5.11 Å². The van der Waals surface area contributed by atoms with Gasteiger partial charge in [-0.25, -0.2) is 0 Å². The van der Waals surface area contributed by atoms with Crippen molar-refractivity contribution in [2.45, 2.75) is 20.8 Å². The lowest BCUT2D eigenvalue weighted by atomic mass is 9.82. The van der Waals surface area contributed by atoms with E-state index in [1.54, 1.807) is 0 Å². The lowest BCUT2D eigenvalue weighted by molar-refractivity contribution is 0.416. The standard InChI is InChI=1S/C54H42OS/c1-33(32-56)54(55)36(4)34(2)35(3)52-47-17-10-11-18-48(47)53(49-28-25-42(31-51(49)52)37-13-6-5-7-14-37)39-23-21-38(22-24-39)44-19-12-20-45-46(44)27-26-43-29-40-15-8-9-16-41(40)30-50(43)45/h5-31,55-56H,3,32H2,1-2,4H3/b36-34-,54-33+. The lowest BCUT2D eigenvalue weighted by Crippen LogP contribution is -1.99. The number of hydrogen-bond donors (Lipinski definition) is 2. The molecule has 9 aromatic carbocycles. The fourth-order valence-electron chi connectivity index (χ4n) is 8.46. The van der Waals surface area contributed by atoms with Gasteiger partial charge in [0.25, 0.3) is 0 Å². The largest absolute Gasteiger partial charge is 0.508 e. The first-order valence-electron chi connectivity index (χ1n) is 19.2. The molecule has 0 amide bonds. The summed E-state index contributed by atoms with van der Waals surface area (Å²) < 4.78 is 0. The third-order valence-electron chi connectivity index (χ3n) is 11.7. The van der Waals surface area contributed by atoms with E-state index in [1.165, 1.54) is 49.0 Å². The van der Waals surface area contributed by atoms with E-state index in [4.69, 9.17) is 6.58 Å². The third kappa shape index (κ3) is 5.98. The number of thiol groups is 1. The molecule has 9 aromatic rings. The summed E-state index contributed by atoms with van der Waals surface area (Å²) in [6, 6.07) is 59.6. The highest BCUT2D eigenvalue weighted by molar-refractivity contribution is 7.80. The van der Waals surface area contributed by atoms with Crippen molar-refractivity contribution in [3.63, 3.8) is 0 Å².